The first kappa shape index (κ1) is 8.69. The number of hydrogen-bond acceptors (Lipinski definition) is 2. The summed E-state index contributed by atoms with van der Waals surface area (Å²) >= 11 is 0. The van der Waals surface area contributed by atoms with Crippen LogP contribution in [0.4, 0.5) is 0 Å². The fraction of sp³-hybridized carbons (Fsp3) is 0.0909. The van der Waals surface area contributed by atoms with Gasteiger partial charge in [-0.15, -0.1) is 0 Å². The summed E-state index contributed by atoms with van der Waals surface area (Å²) in [6.07, 6.45) is 1.57. The molecule has 70 valence electrons. The van der Waals surface area contributed by atoms with Crippen LogP contribution in [0.1, 0.15) is 21.6 Å². The van der Waals surface area contributed by atoms with E-state index in [1.165, 1.54) is 0 Å². The van der Waals surface area contributed by atoms with E-state index in [-0.39, 0.29) is 5.78 Å². The first-order valence-corrected chi connectivity index (χ1v) is 4.38. The lowest BCUT2D eigenvalue weighted by Gasteiger charge is -1.98. The molecule has 3 heteroatoms. The Kier molecular flexibility index (Phi) is 2.14. The van der Waals surface area contributed by atoms with E-state index in [4.69, 9.17) is 0 Å². The van der Waals surface area contributed by atoms with Gasteiger partial charge in [-0.3, -0.25) is 9.89 Å². The molecule has 2 aromatic rings. The predicted molar refractivity (Wildman–Crippen MR) is 53.2 cm³/mol. The molecule has 0 fully saturated rings. The van der Waals surface area contributed by atoms with Crippen molar-refractivity contribution in [1.82, 2.24) is 10.2 Å². The van der Waals surface area contributed by atoms with Crippen molar-refractivity contribution < 1.29 is 4.79 Å². The SMILES string of the molecule is Cc1ccc(C(=O)c2ccn[nH]2)cc1. The number of aromatic nitrogens is 2. The van der Waals surface area contributed by atoms with Crippen LogP contribution in [0.3, 0.4) is 0 Å². The van der Waals surface area contributed by atoms with Gasteiger partial charge in [0.15, 0.2) is 0 Å². The third-order valence-corrected chi connectivity index (χ3v) is 2.06. The number of rotatable bonds is 2. The summed E-state index contributed by atoms with van der Waals surface area (Å²) < 4.78 is 0. The number of carbonyl (C=O) groups excluding carboxylic acids is 1. The summed E-state index contributed by atoms with van der Waals surface area (Å²) in [6, 6.07) is 9.15. The number of ketones is 1. The lowest BCUT2D eigenvalue weighted by Crippen LogP contribution is -2.01. The van der Waals surface area contributed by atoms with Gasteiger partial charge in [-0.1, -0.05) is 29.8 Å². The minimum Gasteiger partial charge on any atom is -0.287 e. The lowest BCUT2D eigenvalue weighted by atomic mass is 10.1. The summed E-state index contributed by atoms with van der Waals surface area (Å²) in [7, 11) is 0. The fourth-order valence-electron chi connectivity index (χ4n) is 1.24. The standard InChI is InChI=1S/C11H10N2O/c1-8-2-4-9(5-3-8)11(14)10-6-7-12-13-10/h2-7H,1H3,(H,12,13). The Balaban J connectivity index is 2.33. The lowest BCUT2D eigenvalue weighted by molar-refractivity contribution is 0.103. The normalized spacial score (nSPS) is 10.1. The van der Waals surface area contributed by atoms with Crippen molar-refractivity contribution in [2.24, 2.45) is 0 Å². The quantitative estimate of drug-likeness (QED) is 0.728. The highest BCUT2D eigenvalue weighted by molar-refractivity contribution is 6.07. The Morgan fingerprint density at radius 2 is 1.93 bits per heavy atom. The molecule has 0 aliphatic rings. The van der Waals surface area contributed by atoms with Crippen molar-refractivity contribution in [2.45, 2.75) is 6.92 Å². The van der Waals surface area contributed by atoms with Crippen LogP contribution >= 0.6 is 0 Å². The molecule has 0 unspecified atom stereocenters. The highest BCUT2D eigenvalue weighted by Gasteiger charge is 2.08. The number of hydrogen-bond donors (Lipinski definition) is 1. The second-order valence-corrected chi connectivity index (χ2v) is 3.17. The van der Waals surface area contributed by atoms with E-state index in [1.807, 2.05) is 31.2 Å². The van der Waals surface area contributed by atoms with Crippen LogP contribution in [0.2, 0.25) is 0 Å². The summed E-state index contributed by atoms with van der Waals surface area (Å²) in [5, 5.41) is 6.39. The molecule has 1 heterocycles. The molecule has 1 aromatic heterocycles. The molecule has 0 radical (unpaired) electrons. The van der Waals surface area contributed by atoms with E-state index in [2.05, 4.69) is 10.2 Å². The zero-order valence-corrected chi connectivity index (χ0v) is 7.82. The van der Waals surface area contributed by atoms with Gasteiger partial charge in [-0.25, -0.2) is 0 Å². The first-order valence-electron chi connectivity index (χ1n) is 4.38. The van der Waals surface area contributed by atoms with Gasteiger partial charge in [0.2, 0.25) is 5.78 Å². The smallest absolute Gasteiger partial charge is 0.210 e. The third-order valence-electron chi connectivity index (χ3n) is 2.06. The Hall–Kier alpha value is -1.90. The molecule has 0 spiro atoms. The second kappa shape index (κ2) is 3.46. The highest BCUT2D eigenvalue weighted by atomic mass is 16.1. The van der Waals surface area contributed by atoms with Gasteiger partial charge in [0, 0.05) is 11.8 Å². The van der Waals surface area contributed by atoms with Crippen LogP contribution in [-0.4, -0.2) is 16.0 Å². The molecular weight excluding hydrogens is 176 g/mol. The molecule has 0 aliphatic carbocycles. The zero-order chi connectivity index (χ0) is 9.97. The summed E-state index contributed by atoms with van der Waals surface area (Å²) in [6.45, 7) is 1.99. The molecule has 14 heavy (non-hydrogen) atoms. The topological polar surface area (TPSA) is 45.8 Å². The number of benzene rings is 1. The predicted octanol–water partition coefficient (Wildman–Crippen LogP) is 1.95. The van der Waals surface area contributed by atoms with Crippen molar-refractivity contribution in [3.63, 3.8) is 0 Å². The maximum absolute atomic E-state index is 11.7. The van der Waals surface area contributed by atoms with Crippen LogP contribution in [0.25, 0.3) is 0 Å². The van der Waals surface area contributed by atoms with Gasteiger partial charge in [0.05, 0.1) is 0 Å². The molecule has 0 saturated heterocycles. The number of aromatic amines is 1. The van der Waals surface area contributed by atoms with Gasteiger partial charge in [-0.05, 0) is 13.0 Å². The van der Waals surface area contributed by atoms with Crippen LogP contribution in [0.5, 0.6) is 0 Å². The number of aryl methyl sites for hydroxylation is 1. The van der Waals surface area contributed by atoms with Crippen molar-refractivity contribution in [2.75, 3.05) is 0 Å². The van der Waals surface area contributed by atoms with Crippen molar-refractivity contribution in [3.8, 4) is 0 Å². The molecule has 1 N–H and O–H groups in total. The molecule has 3 nitrogen and oxygen atoms in total. The van der Waals surface area contributed by atoms with Crippen LogP contribution < -0.4 is 0 Å². The number of nitrogens with zero attached hydrogens (tertiary/aromatic N) is 1. The molecule has 0 atom stereocenters. The largest absolute Gasteiger partial charge is 0.287 e. The van der Waals surface area contributed by atoms with E-state index < -0.39 is 0 Å². The molecule has 2 rings (SSSR count). The summed E-state index contributed by atoms with van der Waals surface area (Å²) in [5.41, 5.74) is 2.35. The number of nitrogens with one attached hydrogen (secondary N) is 1. The van der Waals surface area contributed by atoms with Crippen molar-refractivity contribution in [1.29, 1.82) is 0 Å². The average molecular weight is 186 g/mol. The number of H-pyrrole nitrogens is 1. The minimum absolute atomic E-state index is 0.0255. The van der Waals surface area contributed by atoms with E-state index >= 15 is 0 Å². The van der Waals surface area contributed by atoms with E-state index in [9.17, 15) is 4.79 Å². The zero-order valence-electron chi connectivity index (χ0n) is 7.82. The fourth-order valence-corrected chi connectivity index (χ4v) is 1.24. The molecule has 0 bridgehead atoms. The van der Waals surface area contributed by atoms with Gasteiger partial charge in [0.25, 0.3) is 0 Å². The Bertz CT molecular complexity index is 429. The van der Waals surface area contributed by atoms with E-state index in [0.29, 0.717) is 11.3 Å². The molecule has 0 saturated carbocycles. The van der Waals surface area contributed by atoms with Gasteiger partial charge < -0.3 is 0 Å². The highest BCUT2D eigenvalue weighted by Crippen LogP contribution is 2.08. The van der Waals surface area contributed by atoms with Crippen molar-refractivity contribution in [3.05, 3.63) is 53.3 Å². The summed E-state index contributed by atoms with van der Waals surface area (Å²) in [4.78, 5) is 11.7. The second-order valence-electron chi connectivity index (χ2n) is 3.17. The van der Waals surface area contributed by atoms with E-state index in [1.54, 1.807) is 12.3 Å². The summed E-state index contributed by atoms with van der Waals surface area (Å²) in [5.74, 6) is -0.0255. The van der Waals surface area contributed by atoms with Gasteiger partial charge in [0.1, 0.15) is 5.69 Å². The minimum atomic E-state index is -0.0255. The average Bonchev–Trinajstić information content (AvgIpc) is 2.71. The monoisotopic (exact) mass is 186 g/mol. The van der Waals surface area contributed by atoms with Crippen LogP contribution in [-0.2, 0) is 0 Å². The Morgan fingerprint density at radius 1 is 1.21 bits per heavy atom. The van der Waals surface area contributed by atoms with Crippen molar-refractivity contribution >= 4 is 5.78 Å². The van der Waals surface area contributed by atoms with Gasteiger partial charge >= 0.3 is 0 Å². The maximum atomic E-state index is 11.7. The molecule has 1 aromatic carbocycles. The maximum Gasteiger partial charge on any atom is 0.210 e. The number of carbonyl (C=O) groups is 1. The Morgan fingerprint density at radius 3 is 2.50 bits per heavy atom. The van der Waals surface area contributed by atoms with Gasteiger partial charge in [-0.2, -0.15) is 5.10 Å². The molecule has 0 aliphatic heterocycles. The molecular formula is C11H10N2O. The molecule has 0 amide bonds. The first-order chi connectivity index (χ1) is 6.77. The van der Waals surface area contributed by atoms with E-state index in [0.717, 1.165) is 5.56 Å². The third kappa shape index (κ3) is 1.57. The Labute approximate surface area is 81.8 Å². The van der Waals surface area contributed by atoms with Crippen LogP contribution in [0.15, 0.2) is 36.5 Å². The van der Waals surface area contributed by atoms with Crippen LogP contribution in [0, 0.1) is 6.92 Å².